The molecule has 0 atom stereocenters. The number of nitriles is 1. The Bertz CT molecular complexity index is 1670. The van der Waals surface area contributed by atoms with Gasteiger partial charge in [-0.05, 0) is 69.4 Å². The highest BCUT2D eigenvalue weighted by Gasteiger charge is 2.43. The van der Waals surface area contributed by atoms with Crippen LogP contribution >= 0.6 is 0 Å². The van der Waals surface area contributed by atoms with Crippen molar-refractivity contribution in [1.29, 1.82) is 5.26 Å². The number of nitrogens with zero attached hydrogens (tertiary/aromatic N) is 3. The molecule has 2 N–H and O–H groups in total. The highest BCUT2D eigenvalue weighted by molar-refractivity contribution is 6.03. The van der Waals surface area contributed by atoms with Crippen LogP contribution in [0.5, 0.6) is 0 Å². The van der Waals surface area contributed by atoms with Gasteiger partial charge in [0.15, 0.2) is 5.71 Å². The summed E-state index contributed by atoms with van der Waals surface area (Å²) in [5.74, 6) is -1.50. The molecule has 0 aliphatic carbocycles. The van der Waals surface area contributed by atoms with Gasteiger partial charge in [0.2, 0.25) is 5.69 Å². The first-order valence-electron chi connectivity index (χ1n) is 16.7. The van der Waals surface area contributed by atoms with Crippen LogP contribution in [-0.2, 0) is 20.4 Å². The van der Waals surface area contributed by atoms with Crippen molar-refractivity contribution in [2.75, 3.05) is 18.0 Å². The van der Waals surface area contributed by atoms with Crippen LogP contribution in [0, 0.1) is 11.3 Å². The molecule has 2 heterocycles. The second kappa shape index (κ2) is 15.7. The number of carboxylic acid groups (broad SMARTS) is 2. The Morgan fingerprint density at radius 2 is 1.47 bits per heavy atom. The first kappa shape index (κ1) is 35.2. The SMILES string of the molecule is CC1(C)C(/C=C/C=C(C#N)/C=C/C=C2/N(CCCCCC(=O)O)c3ccccc3C2(C)C)=[N+](CCCCCC(=O)O)c2ccccc21. The van der Waals surface area contributed by atoms with E-state index < -0.39 is 11.9 Å². The summed E-state index contributed by atoms with van der Waals surface area (Å²) in [6.45, 7) is 10.5. The Morgan fingerprint density at radius 1 is 0.830 bits per heavy atom. The second-order valence-corrected chi connectivity index (χ2v) is 13.4. The van der Waals surface area contributed by atoms with Gasteiger partial charge in [0, 0.05) is 60.3 Å². The van der Waals surface area contributed by atoms with Gasteiger partial charge < -0.3 is 15.1 Å². The first-order chi connectivity index (χ1) is 22.5. The largest absolute Gasteiger partial charge is 0.481 e. The maximum Gasteiger partial charge on any atom is 0.303 e. The van der Waals surface area contributed by atoms with Crippen LogP contribution in [0.4, 0.5) is 11.4 Å². The van der Waals surface area contributed by atoms with Crippen LogP contribution in [0.15, 0.2) is 96.3 Å². The average molecular weight is 635 g/mol. The number of allylic oxidation sites excluding steroid dienone is 8. The van der Waals surface area contributed by atoms with E-state index in [1.165, 1.54) is 22.5 Å². The normalized spacial score (nSPS) is 17.5. The van der Waals surface area contributed by atoms with Crippen LogP contribution in [0.3, 0.4) is 0 Å². The molecule has 2 aliphatic heterocycles. The molecule has 0 fully saturated rings. The Labute approximate surface area is 279 Å². The number of rotatable bonds is 16. The number of aliphatic carboxylic acids is 2. The summed E-state index contributed by atoms with van der Waals surface area (Å²) in [6.07, 6.45) is 17.0. The molecule has 7 nitrogen and oxygen atoms in total. The summed E-state index contributed by atoms with van der Waals surface area (Å²) >= 11 is 0. The molecular formula is C40H48N3O4+. The molecule has 0 saturated heterocycles. The lowest BCUT2D eigenvalue weighted by atomic mass is 9.81. The maximum atomic E-state index is 10.9. The van der Waals surface area contributed by atoms with Gasteiger partial charge in [-0.25, -0.2) is 0 Å². The molecule has 0 spiro atoms. The molecule has 4 rings (SSSR count). The zero-order valence-corrected chi connectivity index (χ0v) is 28.2. The van der Waals surface area contributed by atoms with E-state index in [1.807, 2.05) is 24.3 Å². The van der Waals surface area contributed by atoms with Crippen molar-refractivity contribution in [2.24, 2.45) is 0 Å². The minimum absolute atomic E-state index is 0.196. The number of hydrogen-bond donors (Lipinski definition) is 2. The molecule has 246 valence electrons. The van der Waals surface area contributed by atoms with Crippen LogP contribution in [0.2, 0.25) is 0 Å². The summed E-state index contributed by atoms with van der Waals surface area (Å²) in [7, 11) is 0. The topological polar surface area (TPSA) is 105 Å². The van der Waals surface area contributed by atoms with Gasteiger partial charge in [-0.1, -0.05) is 68.8 Å². The van der Waals surface area contributed by atoms with Crippen LogP contribution in [0.1, 0.15) is 90.2 Å². The number of para-hydroxylation sites is 2. The molecule has 2 aliphatic rings. The average Bonchev–Trinajstić information content (AvgIpc) is 3.38. The van der Waals surface area contributed by atoms with E-state index >= 15 is 0 Å². The zero-order valence-electron chi connectivity index (χ0n) is 28.2. The maximum absolute atomic E-state index is 10.9. The fourth-order valence-electron chi connectivity index (χ4n) is 6.83. The number of anilines is 1. The summed E-state index contributed by atoms with van der Waals surface area (Å²) in [4.78, 5) is 24.2. The van der Waals surface area contributed by atoms with E-state index in [2.05, 4.69) is 104 Å². The van der Waals surface area contributed by atoms with Crippen LogP contribution in [-0.4, -0.2) is 45.5 Å². The van der Waals surface area contributed by atoms with E-state index in [4.69, 9.17) is 10.2 Å². The minimum atomic E-state index is -0.752. The fraction of sp³-hybridized carbons (Fsp3) is 0.400. The van der Waals surface area contributed by atoms with E-state index in [1.54, 1.807) is 0 Å². The minimum Gasteiger partial charge on any atom is -0.481 e. The van der Waals surface area contributed by atoms with Gasteiger partial charge in [-0.2, -0.15) is 9.84 Å². The predicted octanol–water partition coefficient (Wildman–Crippen LogP) is 8.60. The van der Waals surface area contributed by atoms with Crippen LogP contribution < -0.4 is 4.90 Å². The quantitative estimate of drug-likeness (QED) is 0.0829. The molecule has 2 aromatic carbocycles. The Hall–Kier alpha value is -4.70. The van der Waals surface area contributed by atoms with E-state index in [0.29, 0.717) is 18.4 Å². The van der Waals surface area contributed by atoms with Crippen LogP contribution in [0.25, 0.3) is 0 Å². The van der Waals surface area contributed by atoms with Gasteiger partial charge in [0.1, 0.15) is 6.54 Å². The van der Waals surface area contributed by atoms with Gasteiger partial charge >= 0.3 is 11.9 Å². The molecular weight excluding hydrogens is 586 g/mol. The van der Waals surface area contributed by atoms with E-state index in [-0.39, 0.29) is 23.7 Å². The number of benzene rings is 2. The van der Waals surface area contributed by atoms with Crippen molar-refractivity contribution < 1.29 is 24.4 Å². The molecule has 47 heavy (non-hydrogen) atoms. The monoisotopic (exact) mass is 634 g/mol. The van der Waals surface area contributed by atoms with Crippen molar-refractivity contribution in [3.05, 3.63) is 107 Å². The Balaban J connectivity index is 1.53. The third kappa shape index (κ3) is 8.37. The highest BCUT2D eigenvalue weighted by Crippen LogP contribution is 2.47. The summed E-state index contributed by atoms with van der Waals surface area (Å²) in [5.41, 5.74) is 7.30. The lowest BCUT2D eigenvalue weighted by Gasteiger charge is -2.27. The first-order valence-corrected chi connectivity index (χ1v) is 16.7. The van der Waals surface area contributed by atoms with Crippen molar-refractivity contribution in [3.8, 4) is 6.07 Å². The summed E-state index contributed by atoms with van der Waals surface area (Å²) in [5, 5.41) is 28.0. The molecule has 0 saturated carbocycles. The lowest BCUT2D eigenvalue weighted by molar-refractivity contribution is -0.438. The molecule has 0 unspecified atom stereocenters. The van der Waals surface area contributed by atoms with Crippen molar-refractivity contribution in [2.45, 2.75) is 89.9 Å². The van der Waals surface area contributed by atoms with Gasteiger partial charge in [-0.15, -0.1) is 0 Å². The highest BCUT2D eigenvalue weighted by atomic mass is 16.4. The van der Waals surface area contributed by atoms with Gasteiger partial charge in [0.05, 0.1) is 17.1 Å². The number of carbonyl (C=O) groups is 2. The number of hydrogen-bond acceptors (Lipinski definition) is 4. The number of unbranched alkanes of at least 4 members (excludes halogenated alkanes) is 4. The second-order valence-electron chi connectivity index (χ2n) is 13.4. The molecule has 0 amide bonds. The van der Waals surface area contributed by atoms with Gasteiger partial charge in [-0.3, -0.25) is 9.59 Å². The van der Waals surface area contributed by atoms with Gasteiger partial charge in [0.25, 0.3) is 0 Å². The Morgan fingerprint density at radius 3 is 2.15 bits per heavy atom. The predicted molar refractivity (Wildman–Crippen MR) is 188 cm³/mol. The number of carboxylic acids is 2. The van der Waals surface area contributed by atoms with Crippen molar-refractivity contribution in [1.82, 2.24) is 0 Å². The number of fused-ring (bicyclic) bond motifs is 2. The van der Waals surface area contributed by atoms with Crippen molar-refractivity contribution in [3.63, 3.8) is 0 Å². The van der Waals surface area contributed by atoms with Crippen molar-refractivity contribution >= 4 is 29.0 Å². The lowest BCUT2D eigenvalue weighted by Crippen LogP contribution is -2.27. The molecule has 0 radical (unpaired) electrons. The zero-order chi connectivity index (χ0) is 34.0. The Kier molecular flexibility index (Phi) is 11.8. The van der Waals surface area contributed by atoms with E-state index in [9.17, 15) is 14.9 Å². The fourth-order valence-corrected chi connectivity index (χ4v) is 6.83. The summed E-state index contributed by atoms with van der Waals surface area (Å²) < 4.78 is 2.34. The molecule has 2 aromatic rings. The third-order valence-corrected chi connectivity index (χ3v) is 9.33. The standard InChI is InChI=1S/C40H47N3O4/c1-39(2)31-19-9-11-21-33(31)42(27-13-5-7-25-37(44)45)35(39)23-15-17-30(29-41)18-16-24-36-40(3,4)32-20-10-12-22-34(32)43(36)28-14-6-8-26-38(46)47/h9-12,15-24H,5-8,13-14,25-28H2,1-4H3,(H-,44,45,46,47)/p+1. The third-order valence-electron chi connectivity index (χ3n) is 9.33. The molecule has 0 aromatic heterocycles. The van der Waals surface area contributed by atoms with E-state index in [0.717, 1.165) is 50.2 Å². The molecule has 7 heteroatoms. The molecule has 0 bridgehead atoms. The summed E-state index contributed by atoms with van der Waals surface area (Å²) in [6, 6.07) is 19.2. The smallest absolute Gasteiger partial charge is 0.303 e.